The molecule has 2 rings (SSSR count). The van der Waals surface area contributed by atoms with Gasteiger partial charge in [-0.1, -0.05) is 13.3 Å². The van der Waals surface area contributed by atoms with Crippen LogP contribution >= 0.6 is 23.7 Å². The van der Waals surface area contributed by atoms with Crippen molar-refractivity contribution in [3.63, 3.8) is 0 Å². The molecule has 0 radical (unpaired) electrons. The normalized spacial score (nSPS) is 19.1. The van der Waals surface area contributed by atoms with Crippen LogP contribution in [-0.4, -0.2) is 18.5 Å². The van der Waals surface area contributed by atoms with E-state index in [4.69, 9.17) is 0 Å². The van der Waals surface area contributed by atoms with Crippen LogP contribution in [0.15, 0.2) is 12.1 Å². The second-order valence-corrected chi connectivity index (χ2v) is 5.69. The molecule has 102 valence electrons. The molecule has 1 aromatic rings. The van der Waals surface area contributed by atoms with Gasteiger partial charge in [0.25, 0.3) is 0 Å². The van der Waals surface area contributed by atoms with Crippen LogP contribution in [0.1, 0.15) is 35.9 Å². The summed E-state index contributed by atoms with van der Waals surface area (Å²) < 4.78 is 0. The minimum absolute atomic E-state index is 0. The van der Waals surface area contributed by atoms with E-state index in [2.05, 4.69) is 29.7 Å². The third-order valence-electron chi connectivity index (χ3n) is 3.13. The van der Waals surface area contributed by atoms with E-state index >= 15 is 0 Å². The van der Waals surface area contributed by atoms with Gasteiger partial charge < -0.3 is 10.6 Å². The molecule has 1 atom stereocenters. The quantitative estimate of drug-likeness (QED) is 0.894. The number of rotatable bonds is 4. The van der Waals surface area contributed by atoms with Crippen LogP contribution in [0.3, 0.4) is 0 Å². The van der Waals surface area contributed by atoms with Crippen LogP contribution in [0.25, 0.3) is 0 Å². The molecule has 5 heteroatoms. The highest BCUT2D eigenvalue weighted by atomic mass is 35.5. The maximum atomic E-state index is 11.9. The third-order valence-corrected chi connectivity index (χ3v) is 4.36. The fourth-order valence-corrected chi connectivity index (χ4v) is 2.98. The molecule has 1 aliphatic heterocycles. The summed E-state index contributed by atoms with van der Waals surface area (Å²) in [6.07, 6.45) is 4.39. The molecule has 0 spiro atoms. The van der Waals surface area contributed by atoms with Crippen molar-refractivity contribution >= 4 is 29.7 Å². The highest BCUT2D eigenvalue weighted by Crippen LogP contribution is 2.16. The molecule has 1 aromatic heterocycles. The molecule has 0 aliphatic carbocycles. The topological polar surface area (TPSA) is 41.1 Å². The lowest BCUT2D eigenvalue weighted by Gasteiger charge is -2.22. The first-order chi connectivity index (χ1) is 8.29. The lowest BCUT2D eigenvalue weighted by molar-refractivity contribution is -0.123. The van der Waals surface area contributed by atoms with Crippen molar-refractivity contribution in [3.05, 3.63) is 21.9 Å². The van der Waals surface area contributed by atoms with Crippen molar-refractivity contribution in [1.29, 1.82) is 0 Å². The van der Waals surface area contributed by atoms with Gasteiger partial charge in [-0.25, -0.2) is 0 Å². The van der Waals surface area contributed by atoms with Crippen LogP contribution in [-0.2, 0) is 17.8 Å². The molecule has 1 aliphatic rings. The average Bonchev–Trinajstić information content (AvgIpc) is 2.85. The van der Waals surface area contributed by atoms with Gasteiger partial charge in [-0.3, -0.25) is 4.79 Å². The van der Waals surface area contributed by atoms with Crippen molar-refractivity contribution < 1.29 is 4.79 Å². The van der Waals surface area contributed by atoms with Gasteiger partial charge >= 0.3 is 0 Å². The van der Waals surface area contributed by atoms with Crippen LogP contribution in [0, 0.1) is 0 Å². The molecule has 0 bridgehead atoms. The van der Waals surface area contributed by atoms with Gasteiger partial charge in [0, 0.05) is 9.75 Å². The smallest absolute Gasteiger partial charge is 0.237 e. The maximum absolute atomic E-state index is 11.9. The van der Waals surface area contributed by atoms with Gasteiger partial charge in [-0.15, -0.1) is 23.7 Å². The molecular weight excluding hydrogens is 268 g/mol. The number of halogens is 1. The minimum Gasteiger partial charge on any atom is -0.350 e. The fourth-order valence-electron chi connectivity index (χ4n) is 2.08. The largest absolute Gasteiger partial charge is 0.350 e. The molecule has 2 N–H and O–H groups in total. The summed E-state index contributed by atoms with van der Waals surface area (Å²) >= 11 is 1.79. The number of carbonyl (C=O) groups is 1. The van der Waals surface area contributed by atoms with Crippen molar-refractivity contribution in [3.8, 4) is 0 Å². The number of aryl methyl sites for hydroxylation is 1. The lowest BCUT2D eigenvalue weighted by Crippen LogP contribution is -2.46. The Hall–Kier alpha value is -0.580. The molecular formula is C13H21ClN2OS. The van der Waals surface area contributed by atoms with E-state index in [-0.39, 0.29) is 24.4 Å². The molecule has 2 heterocycles. The first-order valence-corrected chi connectivity index (χ1v) is 7.20. The summed E-state index contributed by atoms with van der Waals surface area (Å²) in [6.45, 7) is 3.79. The Bertz CT molecular complexity index is 375. The monoisotopic (exact) mass is 288 g/mol. The van der Waals surface area contributed by atoms with E-state index < -0.39 is 0 Å². The molecule has 0 saturated carbocycles. The van der Waals surface area contributed by atoms with Gasteiger partial charge in [0.2, 0.25) is 5.91 Å². The van der Waals surface area contributed by atoms with Crippen molar-refractivity contribution in [1.82, 2.24) is 10.6 Å². The van der Waals surface area contributed by atoms with E-state index in [9.17, 15) is 4.79 Å². The molecule has 18 heavy (non-hydrogen) atoms. The fraction of sp³-hybridized carbons (Fsp3) is 0.615. The van der Waals surface area contributed by atoms with E-state index in [1.165, 1.54) is 16.2 Å². The molecule has 1 amide bonds. The van der Waals surface area contributed by atoms with E-state index in [1.807, 2.05) is 0 Å². The van der Waals surface area contributed by atoms with Crippen molar-refractivity contribution in [2.24, 2.45) is 0 Å². The van der Waals surface area contributed by atoms with Crippen LogP contribution in [0.4, 0.5) is 0 Å². The first-order valence-electron chi connectivity index (χ1n) is 6.38. The zero-order valence-electron chi connectivity index (χ0n) is 10.7. The summed E-state index contributed by atoms with van der Waals surface area (Å²) in [7, 11) is 0. The van der Waals surface area contributed by atoms with Crippen molar-refractivity contribution in [2.75, 3.05) is 6.54 Å². The van der Waals surface area contributed by atoms with E-state index in [1.54, 1.807) is 11.3 Å². The Kier molecular flexibility index (Phi) is 6.68. The molecule has 1 saturated heterocycles. The third kappa shape index (κ3) is 4.26. The van der Waals surface area contributed by atoms with Gasteiger partial charge in [0.05, 0.1) is 12.6 Å². The molecule has 1 unspecified atom stereocenters. The van der Waals surface area contributed by atoms with Gasteiger partial charge in [-0.05, 0) is 37.9 Å². The number of piperidine rings is 1. The predicted octanol–water partition coefficient (Wildman–Crippen LogP) is 2.49. The average molecular weight is 289 g/mol. The van der Waals surface area contributed by atoms with Gasteiger partial charge in [-0.2, -0.15) is 0 Å². The lowest BCUT2D eigenvalue weighted by atomic mass is 10.0. The Labute approximate surface area is 119 Å². The van der Waals surface area contributed by atoms with Crippen LogP contribution in [0.5, 0.6) is 0 Å². The first kappa shape index (κ1) is 15.5. The van der Waals surface area contributed by atoms with Crippen LogP contribution in [0.2, 0.25) is 0 Å². The zero-order chi connectivity index (χ0) is 12.1. The number of hydrogen-bond acceptors (Lipinski definition) is 3. The second kappa shape index (κ2) is 7.77. The Morgan fingerprint density at radius 2 is 2.22 bits per heavy atom. The standard InChI is InChI=1S/C13H20N2OS.ClH/c1-2-10-6-7-11(17-10)9-15-13(16)12-5-3-4-8-14-12;/h6-7,12,14H,2-5,8-9H2,1H3,(H,15,16);1H. The zero-order valence-corrected chi connectivity index (χ0v) is 12.3. The SMILES string of the molecule is CCc1ccc(CNC(=O)C2CCCCN2)s1.Cl. The molecule has 0 aromatic carbocycles. The van der Waals surface area contributed by atoms with E-state index in [0.29, 0.717) is 6.54 Å². The van der Waals surface area contributed by atoms with E-state index in [0.717, 1.165) is 25.8 Å². The summed E-state index contributed by atoms with van der Waals surface area (Å²) in [6, 6.07) is 4.28. The highest BCUT2D eigenvalue weighted by molar-refractivity contribution is 7.11. The molecule has 1 fully saturated rings. The summed E-state index contributed by atoms with van der Waals surface area (Å²) in [5.74, 6) is 0.149. The predicted molar refractivity (Wildman–Crippen MR) is 78.4 cm³/mol. The summed E-state index contributed by atoms with van der Waals surface area (Å²) in [5.41, 5.74) is 0. The Morgan fingerprint density at radius 1 is 1.44 bits per heavy atom. The summed E-state index contributed by atoms with van der Waals surface area (Å²) in [4.78, 5) is 14.5. The number of hydrogen-bond donors (Lipinski definition) is 2. The van der Waals surface area contributed by atoms with Gasteiger partial charge in [0.1, 0.15) is 0 Å². The Morgan fingerprint density at radius 3 is 2.83 bits per heavy atom. The number of amides is 1. The second-order valence-electron chi connectivity index (χ2n) is 4.44. The number of carbonyl (C=O) groups excluding carboxylic acids is 1. The van der Waals surface area contributed by atoms with Crippen LogP contribution < -0.4 is 10.6 Å². The minimum atomic E-state index is 0. The van der Waals surface area contributed by atoms with Gasteiger partial charge in [0.15, 0.2) is 0 Å². The Balaban J connectivity index is 0.00000162. The molecule has 3 nitrogen and oxygen atoms in total. The maximum Gasteiger partial charge on any atom is 0.237 e. The number of thiophene rings is 1. The van der Waals surface area contributed by atoms with Crippen molar-refractivity contribution in [2.45, 2.75) is 45.2 Å². The summed E-state index contributed by atoms with van der Waals surface area (Å²) in [5, 5.41) is 6.28. The number of nitrogens with one attached hydrogen (secondary N) is 2. The highest BCUT2D eigenvalue weighted by Gasteiger charge is 2.19.